The third-order valence-electron chi connectivity index (χ3n) is 7.36. The Balaban J connectivity index is 1.31. The number of thioether (sulfide) groups is 1. The smallest absolute Gasteiger partial charge is 0.337 e. The van der Waals surface area contributed by atoms with Crippen LogP contribution in [0, 0.1) is 5.82 Å². The maximum absolute atomic E-state index is 15.5. The number of carbonyl (C=O) groups excluding carboxylic acids is 1. The van der Waals surface area contributed by atoms with E-state index in [4.69, 9.17) is 27.9 Å². The molecule has 2 aliphatic heterocycles. The average Bonchev–Trinajstić information content (AvgIpc) is 3.42. The molecule has 4 aromatic rings. The average molecular weight is 628 g/mol. The van der Waals surface area contributed by atoms with E-state index in [-0.39, 0.29) is 33.6 Å². The minimum Gasteiger partial charge on any atom is -0.478 e. The predicted octanol–water partition coefficient (Wildman–Crippen LogP) is 6.44. The second kappa shape index (κ2) is 11.6. The number of carbonyl (C=O) groups is 2. The maximum Gasteiger partial charge on any atom is 0.337 e. The molecule has 2 aliphatic rings. The van der Waals surface area contributed by atoms with Gasteiger partial charge >= 0.3 is 5.97 Å². The van der Waals surface area contributed by atoms with Crippen LogP contribution >= 0.6 is 35.0 Å². The van der Waals surface area contributed by atoms with Crippen LogP contribution in [0.15, 0.2) is 59.8 Å². The molecule has 0 bridgehead atoms. The summed E-state index contributed by atoms with van der Waals surface area (Å²) >= 11 is 14.6. The van der Waals surface area contributed by atoms with E-state index in [2.05, 4.69) is 5.10 Å². The van der Waals surface area contributed by atoms with Crippen LogP contribution in [0.5, 0.6) is 0 Å². The van der Waals surface area contributed by atoms with E-state index in [1.54, 1.807) is 34.0 Å². The Labute approximate surface area is 255 Å². The van der Waals surface area contributed by atoms with Crippen LogP contribution in [-0.4, -0.2) is 63.8 Å². The van der Waals surface area contributed by atoms with Gasteiger partial charge in [0.25, 0.3) is 5.91 Å². The number of nitrogens with zero attached hydrogens (tertiary/aromatic N) is 4. The number of morpholine rings is 1. The summed E-state index contributed by atoms with van der Waals surface area (Å²) in [5.74, 6) is -1.82. The van der Waals surface area contributed by atoms with E-state index in [1.807, 2.05) is 36.3 Å². The highest BCUT2D eigenvalue weighted by Gasteiger charge is 2.29. The molecule has 1 saturated heterocycles. The molecule has 216 valence electrons. The van der Waals surface area contributed by atoms with Crippen molar-refractivity contribution in [3.63, 3.8) is 0 Å². The van der Waals surface area contributed by atoms with Crippen molar-refractivity contribution in [2.24, 2.45) is 7.05 Å². The second-order valence-corrected chi connectivity index (χ2v) is 11.8. The lowest BCUT2D eigenvalue weighted by Gasteiger charge is -2.32. The number of hydrogen-bond acceptors (Lipinski definition) is 6. The van der Waals surface area contributed by atoms with Crippen molar-refractivity contribution >= 4 is 52.5 Å². The Morgan fingerprint density at radius 2 is 1.79 bits per heavy atom. The molecule has 0 saturated carbocycles. The number of rotatable bonds is 5. The molecular formula is C30H25Cl2FN4O4S. The molecule has 3 heterocycles. The van der Waals surface area contributed by atoms with Gasteiger partial charge in [0.1, 0.15) is 5.82 Å². The Bertz CT molecular complexity index is 1700. The van der Waals surface area contributed by atoms with Gasteiger partial charge in [-0.15, -0.1) is 11.8 Å². The van der Waals surface area contributed by atoms with E-state index < -0.39 is 11.8 Å². The van der Waals surface area contributed by atoms with Crippen molar-refractivity contribution < 1.29 is 23.8 Å². The van der Waals surface area contributed by atoms with Gasteiger partial charge in [-0.25, -0.2) is 9.18 Å². The lowest BCUT2D eigenvalue weighted by atomic mass is 9.98. The molecule has 1 amide bonds. The third kappa shape index (κ3) is 5.35. The summed E-state index contributed by atoms with van der Waals surface area (Å²) in [5.41, 5.74) is 3.96. The number of aromatic carboxylic acids is 1. The minimum absolute atomic E-state index is 0.0873. The first kappa shape index (κ1) is 28.5. The van der Waals surface area contributed by atoms with Crippen LogP contribution < -0.4 is 4.90 Å². The number of ether oxygens (including phenoxy) is 1. The molecule has 1 N–H and O–H groups in total. The molecule has 8 nitrogen and oxygen atoms in total. The van der Waals surface area contributed by atoms with E-state index in [0.717, 1.165) is 27.7 Å². The molecule has 6 rings (SSSR count). The summed E-state index contributed by atoms with van der Waals surface area (Å²) in [6, 6.07) is 11.6. The Hall–Kier alpha value is -3.57. The summed E-state index contributed by atoms with van der Waals surface area (Å²) in [7, 11) is 1.81. The first-order valence-corrected chi connectivity index (χ1v) is 14.9. The fourth-order valence-electron chi connectivity index (χ4n) is 5.29. The van der Waals surface area contributed by atoms with E-state index >= 15 is 4.39 Å². The SMILES string of the molecule is Cn1cc(-c2cc(Cl)c(C(=O)N3CSc4c(cccc4-c4cc(N5CCOCC5)c(C(=O)O)cc4F)C3)c(Cl)c2)cn1. The van der Waals surface area contributed by atoms with Crippen molar-refractivity contribution in [2.75, 3.05) is 37.1 Å². The Kier molecular flexibility index (Phi) is 7.89. The number of halogens is 3. The molecule has 0 atom stereocenters. The lowest BCUT2D eigenvalue weighted by Crippen LogP contribution is -2.37. The molecule has 42 heavy (non-hydrogen) atoms. The van der Waals surface area contributed by atoms with E-state index in [0.29, 0.717) is 49.0 Å². The van der Waals surface area contributed by atoms with Crippen LogP contribution in [0.2, 0.25) is 10.0 Å². The zero-order valence-electron chi connectivity index (χ0n) is 22.4. The van der Waals surface area contributed by atoms with Crippen LogP contribution in [0.1, 0.15) is 26.3 Å². The molecule has 0 aliphatic carbocycles. The highest BCUT2D eigenvalue weighted by Crippen LogP contribution is 2.42. The van der Waals surface area contributed by atoms with Gasteiger partial charge in [0.05, 0.1) is 52.1 Å². The normalized spacial score (nSPS) is 15.0. The third-order valence-corrected chi connectivity index (χ3v) is 9.17. The fraction of sp³-hybridized carbons (Fsp3) is 0.233. The molecule has 0 unspecified atom stereocenters. The molecule has 0 radical (unpaired) electrons. The van der Waals surface area contributed by atoms with Gasteiger partial charge in [-0.1, -0.05) is 41.4 Å². The summed E-state index contributed by atoms with van der Waals surface area (Å²) in [5, 5.41) is 14.4. The zero-order valence-corrected chi connectivity index (χ0v) is 24.8. The second-order valence-electron chi connectivity index (χ2n) is 10.0. The maximum atomic E-state index is 15.5. The number of carboxylic acids is 1. The topological polar surface area (TPSA) is 87.9 Å². The van der Waals surface area contributed by atoms with Crippen molar-refractivity contribution in [3.05, 3.63) is 87.4 Å². The Morgan fingerprint density at radius 3 is 2.45 bits per heavy atom. The largest absolute Gasteiger partial charge is 0.478 e. The fourth-order valence-corrected chi connectivity index (χ4v) is 7.09. The Morgan fingerprint density at radius 1 is 1.05 bits per heavy atom. The summed E-state index contributed by atoms with van der Waals surface area (Å²) in [6.07, 6.45) is 3.53. The standard InChI is InChI=1S/C30H25Cl2FN4O4S/c1-35-14-19(13-34-35)18-9-23(31)27(24(32)10-18)29(38)37-15-17-3-2-4-20(28(17)42-16-37)21-12-26(36-5-7-41-8-6-36)22(30(39)40)11-25(21)33/h2-4,9-14H,5-8,15-16H2,1H3,(H,39,40). The van der Waals surface area contributed by atoms with Gasteiger partial charge in [0.15, 0.2) is 0 Å². The van der Waals surface area contributed by atoms with Crippen LogP contribution in [0.25, 0.3) is 22.3 Å². The predicted molar refractivity (Wildman–Crippen MR) is 161 cm³/mol. The van der Waals surface area contributed by atoms with Crippen LogP contribution in [0.4, 0.5) is 10.1 Å². The minimum atomic E-state index is -1.19. The number of aromatic nitrogens is 2. The number of aryl methyl sites for hydroxylation is 1. The van der Waals surface area contributed by atoms with Crippen LogP contribution in [-0.2, 0) is 18.3 Å². The van der Waals surface area contributed by atoms with Crippen molar-refractivity contribution in [1.29, 1.82) is 0 Å². The van der Waals surface area contributed by atoms with Gasteiger partial charge in [0.2, 0.25) is 0 Å². The summed E-state index contributed by atoms with van der Waals surface area (Å²) < 4.78 is 22.6. The van der Waals surface area contributed by atoms with Gasteiger partial charge < -0.3 is 19.6 Å². The molecule has 1 fully saturated rings. The molecule has 3 aromatic carbocycles. The van der Waals surface area contributed by atoms with Crippen molar-refractivity contribution in [3.8, 4) is 22.3 Å². The quantitative estimate of drug-likeness (QED) is 0.273. The van der Waals surface area contributed by atoms with Crippen LogP contribution in [0.3, 0.4) is 0 Å². The molecule has 0 spiro atoms. The van der Waals surface area contributed by atoms with Gasteiger partial charge in [-0.2, -0.15) is 5.10 Å². The molecular weight excluding hydrogens is 602 g/mol. The molecule has 12 heteroatoms. The number of hydrogen-bond donors (Lipinski definition) is 1. The summed E-state index contributed by atoms with van der Waals surface area (Å²) in [4.78, 5) is 30.0. The van der Waals surface area contributed by atoms with E-state index in [1.165, 1.54) is 11.8 Å². The number of anilines is 1. The summed E-state index contributed by atoms with van der Waals surface area (Å²) in [6.45, 7) is 2.23. The lowest BCUT2D eigenvalue weighted by molar-refractivity contribution is 0.0695. The van der Waals surface area contributed by atoms with Gasteiger partial charge in [0, 0.05) is 48.9 Å². The van der Waals surface area contributed by atoms with Gasteiger partial charge in [-0.3, -0.25) is 9.48 Å². The highest BCUT2D eigenvalue weighted by molar-refractivity contribution is 7.99. The number of benzene rings is 3. The first-order valence-electron chi connectivity index (χ1n) is 13.1. The monoisotopic (exact) mass is 626 g/mol. The number of carboxylic acid groups (broad SMARTS) is 1. The van der Waals surface area contributed by atoms with Crippen molar-refractivity contribution in [1.82, 2.24) is 14.7 Å². The van der Waals surface area contributed by atoms with Crippen molar-refractivity contribution in [2.45, 2.75) is 11.4 Å². The first-order chi connectivity index (χ1) is 20.2. The highest BCUT2D eigenvalue weighted by atomic mass is 35.5. The van der Waals surface area contributed by atoms with Gasteiger partial charge in [-0.05, 0) is 41.0 Å². The molecule has 1 aromatic heterocycles. The zero-order chi connectivity index (χ0) is 29.5. The number of fused-ring (bicyclic) bond motifs is 1. The number of amides is 1. The van der Waals surface area contributed by atoms with E-state index in [9.17, 15) is 14.7 Å².